The van der Waals surface area contributed by atoms with Crippen molar-refractivity contribution in [3.05, 3.63) is 0 Å². The second kappa shape index (κ2) is 9.26. The van der Waals surface area contributed by atoms with E-state index in [1.54, 1.807) is 0 Å². The van der Waals surface area contributed by atoms with Gasteiger partial charge in [-0.15, -0.1) is 9.42 Å². The van der Waals surface area contributed by atoms with Gasteiger partial charge in [-0.05, 0) is 60.2 Å². The van der Waals surface area contributed by atoms with E-state index in [2.05, 4.69) is 25.7 Å². The van der Waals surface area contributed by atoms with Gasteiger partial charge in [-0.1, -0.05) is 20.8 Å². The van der Waals surface area contributed by atoms with Crippen LogP contribution in [0.5, 0.6) is 0 Å². The fourth-order valence-corrected chi connectivity index (χ4v) is 3.46. The predicted molar refractivity (Wildman–Crippen MR) is 89.2 cm³/mol. The Morgan fingerprint density at radius 1 is 1.09 bits per heavy atom. The Morgan fingerprint density at radius 3 is 1.68 bits per heavy atom. The average Bonchev–Trinajstić information content (AvgIpc) is 2.37. The summed E-state index contributed by atoms with van der Waals surface area (Å²) < 4.78 is 15.6. The van der Waals surface area contributed by atoms with E-state index in [4.69, 9.17) is 9.42 Å². The molecule has 0 aliphatic carbocycles. The topological polar surface area (TPSA) is 73.2 Å². The van der Waals surface area contributed by atoms with Gasteiger partial charge in [0.15, 0.2) is 0 Å². The molecule has 0 spiro atoms. The molecule has 6 nitrogen and oxygen atoms in total. The molecular weight excluding hydrogens is 303 g/mol. The van der Waals surface area contributed by atoms with Crippen LogP contribution >= 0.6 is 8.25 Å². The Hall–Kier alpha value is -0.100. The molecule has 1 aliphatic rings. The number of hydroxylamine groups is 2. The van der Waals surface area contributed by atoms with E-state index in [9.17, 15) is 9.77 Å². The van der Waals surface area contributed by atoms with Crippen LogP contribution in [0.15, 0.2) is 0 Å². The number of hydrogen-bond donors (Lipinski definition) is 2. The fraction of sp³-hybridized carbons (Fsp3) is 1.00. The van der Waals surface area contributed by atoms with Crippen LogP contribution in [0.3, 0.4) is 0 Å². The van der Waals surface area contributed by atoms with Gasteiger partial charge in [0, 0.05) is 15.6 Å². The average molecular weight is 337 g/mol. The first kappa shape index (κ1) is 21.9. The summed E-state index contributed by atoms with van der Waals surface area (Å²) in [5, 5.41) is 11.3. The van der Waals surface area contributed by atoms with Gasteiger partial charge in [-0.25, -0.2) is 0 Å². The monoisotopic (exact) mass is 337 g/mol. The van der Waals surface area contributed by atoms with Gasteiger partial charge in [0.1, 0.15) is 6.10 Å². The number of hydrogen-bond acceptors (Lipinski definition) is 5. The van der Waals surface area contributed by atoms with Gasteiger partial charge in [0.05, 0.1) is 0 Å². The van der Waals surface area contributed by atoms with Crippen molar-refractivity contribution in [3.63, 3.8) is 0 Å². The third kappa shape index (κ3) is 6.99. The van der Waals surface area contributed by atoms with E-state index >= 15 is 0 Å². The van der Waals surface area contributed by atoms with Crippen LogP contribution in [-0.4, -0.2) is 56.9 Å². The molecule has 1 rings (SSSR count). The zero-order valence-electron chi connectivity index (χ0n) is 15.2. The van der Waals surface area contributed by atoms with Crippen LogP contribution in [-0.2, 0) is 9.09 Å². The Labute approximate surface area is 136 Å². The summed E-state index contributed by atoms with van der Waals surface area (Å²) >= 11 is 0. The van der Waals surface area contributed by atoms with Crippen molar-refractivity contribution in [2.75, 3.05) is 19.6 Å². The minimum Gasteiger partial charge on any atom is -0.313 e. The zero-order chi connectivity index (χ0) is 17.6. The van der Waals surface area contributed by atoms with Crippen molar-refractivity contribution in [1.82, 2.24) is 9.96 Å². The predicted octanol–water partition coefficient (Wildman–Crippen LogP) is 3.41. The summed E-state index contributed by atoms with van der Waals surface area (Å²) in [5.41, 5.74) is -0.893. The molecule has 0 aromatic rings. The molecule has 1 fully saturated rings. The second-order valence-electron chi connectivity index (χ2n) is 6.93. The first-order valence-electron chi connectivity index (χ1n) is 8.04. The molecule has 0 bridgehead atoms. The highest BCUT2D eigenvalue weighted by atomic mass is 31.1. The summed E-state index contributed by atoms with van der Waals surface area (Å²) in [7, 11) is -2.57. The third-order valence-electron chi connectivity index (χ3n) is 4.18. The minimum absolute atomic E-state index is 0.285. The quantitative estimate of drug-likeness (QED) is 0.749. The molecule has 0 aromatic heterocycles. The van der Waals surface area contributed by atoms with Crippen molar-refractivity contribution < 1.29 is 19.2 Å². The maximum Gasteiger partial charge on any atom is 0.694 e. The highest BCUT2D eigenvalue weighted by Crippen LogP contribution is 2.40. The van der Waals surface area contributed by atoms with E-state index in [1.807, 2.05) is 27.7 Å². The Kier molecular flexibility index (Phi) is 9.22. The summed E-state index contributed by atoms with van der Waals surface area (Å²) in [4.78, 5) is 11.1. The summed E-state index contributed by atoms with van der Waals surface area (Å²) in [6.45, 7) is 17.7. The maximum atomic E-state index is 10.6. The molecule has 0 aromatic carbocycles. The number of nitrogens with zero attached hydrogens (tertiary/aromatic N) is 2. The highest BCUT2D eigenvalue weighted by molar-refractivity contribution is 7.32. The molecule has 132 valence electrons. The van der Waals surface area contributed by atoms with E-state index < -0.39 is 19.3 Å². The van der Waals surface area contributed by atoms with Gasteiger partial charge in [0.2, 0.25) is 0 Å². The van der Waals surface area contributed by atoms with Crippen molar-refractivity contribution in [1.29, 1.82) is 0 Å². The molecule has 0 saturated carbocycles. The normalized spacial score (nSPS) is 22.2. The molecule has 7 heteroatoms. The smallest absolute Gasteiger partial charge is 0.313 e. The van der Waals surface area contributed by atoms with E-state index in [-0.39, 0.29) is 6.10 Å². The Bertz CT molecular complexity index is 323. The summed E-state index contributed by atoms with van der Waals surface area (Å²) in [6.07, 6.45) is 0.787. The maximum absolute atomic E-state index is 10.6. The van der Waals surface area contributed by atoms with E-state index in [1.165, 1.54) is 24.7 Å². The zero-order valence-corrected chi connectivity index (χ0v) is 16.1. The minimum atomic E-state index is -2.57. The van der Waals surface area contributed by atoms with Crippen molar-refractivity contribution >= 4 is 8.25 Å². The van der Waals surface area contributed by atoms with Crippen molar-refractivity contribution in [3.8, 4) is 0 Å². The molecule has 22 heavy (non-hydrogen) atoms. The van der Waals surface area contributed by atoms with E-state index in [0.29, 0.717) is 12.8 Å². The van der Waals surface area contributed by atoms with E-state index in [0.717, 1.165) is 0 Å². The lowest BCUT2D eigenvalue weighted by molar-refractivity contribution is -0.254. The van der Waals surface area contributed by atoms with Gasteiger partial charge in [0.25, 0.3) is 0 Å². The van der Waals surface area contributed by atoms with Crippen LogP contribution in [0, 0.1) is 0 Å². The molecule has 1 saturated heterocycles. The van der Waals surface area contributed by atoms with Crippen molar-refractivity contribution in [2.24, 2.45) is 0 Å². The first-order chi connectivity index (χ1) is 10.00. The summed E-state index contributed by atoms with van der Waals surface area (Å²) in [6, 6.07) is 0. The number of piperidine rings is 1. The highest BCUT2D eigenvalue weighted by Gasteiger charge is 2.47. The van der Waals surface area contributed by atoms with Gasteiger partial charge in [-0.2, -0.15) is 5.06 Å². The lowest BCUT2D eigenvalue weighted by atomic mass is 9.80. The standard InChI is InChI=1S/C9H18NO4P.C6H15N/c1-8(2)5-7(14-15(12)13)6-9(3,4)10(8)11;1-4-7(5-2)6-3/h7,11H,5-6H2,1-4H3;4-6H2,1-3H3/p+1. The van der Waals surface area contributed by atoms with Crippen LogP contribution in [0.4, 0.5) is 0 Å². The third-order valence-corrected chi connectivity index (χ3v) is 4.66. The molecule has 2 N–H and O–H groups in total. The Balaban J connectivity index is 0.000000534. The van der Waals surface area contributed by atoms with Crippen LogP contribution in [0.25, 0.3) is 0 Å². The molecule has 0 radical (unpaired) electrons. The first-order valence-corrected chi connectivity index (χ1v) is 9.17. The molecular formula is C15H34N2O4P+. The summed E-state index contributed by atoms with van der Waals surface area (Å²) in [5.74, 6) is 0. The second-order valence-corrected chi connectivity index (χ2v) is 7.62. The van der Waals surface area contributed by atoms with Gasteiger partial charge in [-0.3, -0.25) is 0 Å². The van der Waals surface area contributed by atoms with Crippen molar-refractivity contribution in [2.45, 2.75) is 78.5 Å². The Morgan fingerprint density at radius 2 is 1.45 bits per heavy atom. The SMILES string of the molecule is CC1(C)CC(O[P+](=O)O)CC(C)(C)N1O.CCN(CC)CC. The van der Waals surface area contributed by atoms with Crippen LogP contribution in [0.2, 0.25) is 0 Å². The van der Waals surface area contributed by atoms with Crippen LogP contribution < -0.4 is 0 Å². The largest absolute Gasteiger partial charge is 0.694 e. The lowest BCUT2D eigenvalue weighted by Gasteiger charge is -2.49. The lowest BCUT2D eigenvalue weighted by Crippen LogP contribution is -2.60. The molecule has 1 heterocycles. The number of rotatable bonds is 5. The van der Waals surface area contributed by atoms with Gasteiger partial charge >= 0.3 is 8.25 Å². The molecule has 0 amide bonds. The fourth-order valence-electron chi connectivity index (χ4n) is 3.05. The molecule has 1 aliphatic heterocycles. The van der Waals surface area contributed by atoms with Crippen LogP contribution in [0.1, 0.15) is 61.3 Å². The molecule has 1 atom stereocenters. The molecule has 1 unspecified atom stereocenters. The van der Waals surface area contributed by atoms with Gasteiger partial charge < -0.3 is 10.1 Å².